The molecule has 0 heterocycles. The van der Waals surface area contributed by atoms with Crippen molar-refractivity contribution in [2.45, 2.75) is 18.2 Å². The van der Waals surface area contributed by atoms with E-state index in [0.29, 0.717) is 16.1 Å². The largest absolute Gasteiger partial charge is 0.481 e. The third-order valence-electron chi connectivity index (χ3n) is 2.11. The van der Waals surface area contributed by atoms with E-state index in [-0.39, 0.29) is 12.2 Å². The van der Waals surface area contributed by atoms with E-state index in [1.807, 2.05) is 0 Å². The minimum absolute atomic E-state index is 0.0890. The Morgan fingerprint density at radius 3 is 2.62 bits per heavy atom. The molecule has 1 aromatic rings. The summed E-state index contributed by atoms with van der Waals surface area (Å²) in [6, 6.07) is 5.01. The summed E-state index contributed by atoms with van der Waals surface area (Å²) in [4.78, 5) is 21.4. The van der Waals surface area contributed by atoms with Gasteiger partial charge in [-0.15, -0.1) is 0 Å². The molecule has 0 aliphatic heterocycles. The maximum atomic E-state index is 11.3. The van der Waals surface area contributed by atoms with Crippen LogP contribution in [0, 0.1) is 0 Å². The third-order valence-corrected chi connectivity index (χ3v) is 3.61. The van der Waals surface area contributed by atoms with Crippen LogP contribution in [-0.4, -0.2) is 16.9 Å². The van der Waals surface area contributed by atoms with Crippen LogP contribution >= 0.6 is 27.5 Å². The van der Waals surface area contributed by atoms with Gasteiger partial charge >= 0.3 is 5.97 Å². The Bertz CT molecular complexity index is 431. The van der Waals surface area contributed by atoms with E-state index in [9.17, 15) is 9.59 Å². The van der Waals surface area contributed by atoms with Crippen molar-refractivity contribution in [2.24, 2.45) is 0 Å². The highest BCUT2D eigenvalue weighted by Gasteiger charge is 2.19. The van der Waals surface area contributed by atoms with E-state index in [1.165, 1.54) is 6.92 Å². The number of carbonyl (C=O) groups excluding carboxylic acids is 1. The number of aliphatic carboxylic acids is 1. The molecule has 0 saturated heterocycles. The van der Waals surface area contributed by atoms with Gasteiger partial charge in [0.1, 0.15) is 5.78 Å². The van der Waals surface area contributed by atoms with E-state index in [0.717, 1.165) is 0 Å². The highest BCUT2D eigenvalue weighted by Crippen LogP contribution is 2.31. The fourth-order valence-electron chi connectivity index (χ4n) is 1.37. The number of halogens is 2. The Labute approximate surface area is 107 Å². The van der Waals surface area contributed by atoms with Crippen LogP contribution in [0.2, 0.25) is 5.02 Å². The Balaban J connectivity index is 3.22. The zero-order chi connectivity index (χ0) is 12.3. The number of Topliss-reactive ketones (excluding diaryl/α,β-unsaturated/α-hetero) is 1. The molecule has 5 heteroatoms. The molecule has 0 spiro atoms. The van der Waals surface area contributed by atoms with Gasteiger partial charge in [0.05, 0.1) is 11.2 Å². The van der Waals surface area contributed by atoms with Crippen LogP contribution in [0.3, 0.4) is 0 Å². The fraction of sp³-hybridized carbons (Fsp3) is 0.273. The molecule has 3 nitrogen and oxygen atoms in total. The molecule has 0 amide bonds. The van der Waals surface area contributed by atoms with Gasteiger partial charge in [-0.25, -0.2) is 0 Å². The molecule has 0 radical (unpaired) electrons. The maximum Gasteiger partial charge on any atom is 0.307 e. The molecule has 0 fully saturated rings. The fourth-order valence-corrected chi connectivity index (χ4v) is 2.05. The van der Waals surface area contributed by atoms with Gasteiger partial charge in [-0.2, -0.15) is 0 Å². The summed E-state index contributed by atoms with van der Waals surface area (Å²) in [6.07, 6.45) is -0.190. The molecule has 1 rings (SSSR count). The minimum Gasteiger partial charge on any atom is -0.481 e. The van der Waals surface area contributed by atoms with E-state index >= 15 is 0 Å². The van der Waals surface area contributed by atoms with E-state index < -0.39 is 10.8 Å². The van der Waals surface area contributed by atoms with Crippen LogP contribution in [-0.2, 0) is 16.0 Å². The Morgan fingerprint density at radius 1 is 1.50 bits per heavy atom. The first-order valence-electron chi connectivity index (χ1n) is 4.57. The predicted molar refractivity (Wildman–Crippen MR) is 65.1 cm³/mol. The van der Waals surface area contributed by atoms with Gasteiger partial charge in [0.2, 0.25) is 0 Å². The van der Waals surface area contributed by atoms with Gasteiger partial charge in [-0.3, -0.25) is 9.59 Å². The first kappa shape index (κ1) is 13.2. The summed E-state index contributed by atoms with van der Waals surface area (Å²) in [5.74, 6) is -1.06. The van der Waals surface area contributed by atoms with Gasteiger partial charge in [-0.1, -0.05) is 39.7 Å². The number of benzene rings is 1. The van der Waals surface area contributed by atoms with Crippen molar-refractivity contribution in [1.29, 1.82) is 0 Å². The molecule has 0 aromatic heterocycles. The number of carboxylic acid groups (broad SMARTS) is 1. The van der Waals surface area contributed by atoms with E-state index in [2.05, 4.69) is 15.9 Å². The van der Waals surface area contributed by atoms with E-state index in [1.54, 1.807) is 18.2 Å². The first-order chi connectivity index (χ1) is 7.43. The van der Waals surface area contributed by atoms with Crippen LogP contribution in [0.5, 0.6) is 0 Å². The van der Waals surface area contributed by atoms with Gasteiger partial charge < -0.3 is 5.11 Å². The normalized spacial score (nSPS) is 12.2. The summed E-state index contributed by atoms with van der Waals surface area (Å²) in [6.45, 7) is 1.44. The molecular weight excluding hydrogens is 295 g/mol. The topological polar surface area (TPSA) is 54.4 Å². The van der Waals surface area contributed by atoms with Gasteiger partial charge in [0.15, 0.2) is 0 Å². The van der Waals surface area contributed by atoms with Crippen LogP contribution in [0.25, 0.3) is 0 Å². The molecule has 0 aliphatic carbocycles. The van der Waals surface area contributed by atoms with E-state index in [4.69, 9.17) is 16.7 Å². The Morgan fingerprint density at radius 2 is 2.12 bits per heavy atom. The van der Waals surface area contributed by atoms with Crippen molar-refractivity contribution in [1.82, 2.24) is 0 Å². The lowest BCUT2D eigenvalue weighted by molar-refractivity contribution is -0.136. The molecule has 0 aliphatic rings. The molecule has 16 heavy (non-hydrogen) atoms. The SMILES string of the molecule is CC(=O)C(Br)c1cccc(Cl)c1CC(=O)O. The van der Waals surface area contributed by atoms with Crippen molar-refractivity contribution >= 4 is 39.3 Å². The predicted octanol–water partition coefficient (Wildman–Crippen LogP) is 2.99. The molecule has 1 unspecified atom stereocenters. The molecular formula is C11H10BrClO3. The summed E-state index contributed by atoms with van der Waals surface area (Å²) in [5, 5.41) is 9.14. The summed E-state index contributed by atoms with van der Waals surface area (Å²) >= 11 is 9.15. The number of hydrogen-bond acceptors (Lipinski definition) is 2. The maximum absolute atomic E-state index is 11.3. The smallest absolute Gasteiger partial charge is 0.307 e. The van der Waals surface area contributed by atoms with Gasteiger partial charge in [0.25, 0.3) is 0 Å². The number of carbonyl (C=O) groups is 2. The highest BCUT2D eigenvalue weighted by molar-refractivity contribution is 9.09. The van der Waals surface area contributed by atoms with Crippen molar-refractivity contribution in [3.63, 3.8) is 0 Å². The van der Waals surface area contributed by atoms with Crippen LogP contribution in [0.4, 0.5) is 0 Å². The second kappa shape index (κ2) is 5.46. The molecule has 1 atom stereocenters. The first-order valence-corrected chi connectivity index (χ1v) is 5.86. The second-order valence-electron chi connectivity index (χ2n) is 3.35. The summed E-state index contributed by atoms with van der Waals surface area (Å²) in [5.41, 5.74) is 1.09. The summed E-state index contributed by atoms with van der Waals surface area (Å²) < 4.78 is 0. The zero-order valence-electron chi connectivity index (χ0n) is 8.54. The molecule has 86 valence electrons. The number of rotatable bonds is 4. The average Bonchev–Trinajstić information content (AvgIpc) is 2.19. The van der Waals surface area contributed by atoms with Crippen LogP contribution in [0.15, 0.2) is 18.2 Å². The lowest BCUT2D eigenvalue weighted by Crippen LogP contribution is -2.09. The standard InChI is InChI=1S/C11H10BrClO3/c1-6(14)11(12)7-3-2-4-9(13)8(7)5-10(15)16/h2-4,11H,5H2,1H3,(H,15,16). The highest BCUT2D eigenvalue weighted by atomic mass is 79.9. The molecule has 0 saturated carbocycles. The molecule has 1 aromatic carbocycles. The molecule has 1 N–H and O–H groups in total. The average molecular weight is 306 g/mol. The second-order valence-corrected chi connectivity index (χ2v) is 4.67. The lowest BCUT2D eigenvalue weighted by atomic mass is 10.00. The van der Waals surface area contributed by atoms with Gasteiger partial charge in [-0.05, 0) is 24.1 Å². The molecule has 0 bridgehead atoms. The Hall–Kier alpha value is -0.870. The van der Waals surface area contributed by atoms with Crippen LogP contribution < -0.4 is 0 Å². The Kier molecular flexibility index (Phi) is 4.50. The van der Waals surface area contributed by atoms with Gasteiger partial charge in [0, 0.05) is 5.02 Å². The quantitative estimate of drug-likeness (QED) is 0.870. The lowest BCUT2D eigenvalue weighted by Gasteiger charge is -2.12. The minimum atomic E-state index is -0.974. The van der Waals surface area contributed by atoms with Crippen LogP contribution in [0.1, 0.15) is 22.9 Å². The number of hydrogen-bond donors (Lipinski definition) is 1. The van der Waals surface area contributed by atoms with Crippen molar-refractivity contribution in [2.75, 3.05) is 0 Å². The number of ketones is 1. The third kappa shape index (κ3) is 3.06. The zero-order valence-corrected chi connectivity index (χ0v) is 10.9. The van der Waals surface area contributed by atoms with Crippen molar-refractivity contribution < 1.29 is 14.7 Å². The van der Waals surface area contributed by atoms with Crippen molar-refractivity contribution in [3.05, 3.63) is 34.3 Å². The van der Waals surface area contributed by atoms with Crippen molar-refractivity contribution in [3.8, 4) is 0 Å². The number of alkyl halides is 1. The monoisotopic (exact) mass is 304 g/mol. The summed E-state index contributed by atoms with van der Waals surface area (Å²) in [7, 11) is 0. The number of carboxylic acids is 1.